The Labute approximate surface area is 155 Å². The molecule has 1 aromatic heterocycles. The monoisotopic (exact) mass is 352 g/mol. The van der Waals surface area contributed by atoms with Crippen LogP contribution in [-0.2, 0) is 6.42 Å². The van der Waals surface area contributed by atoms with Gasteiger partial charge in [-0.2, -0.15) is 0 Å². The molecule has 3 rings (SSSR count). The summed E-state index contributed by atoms with van der Waals surface area (Å²) in [6.45, 7) is 8.68. The Morgan fingerprint density at radius 2 is 2.04 bits per heavy atom. The van der Waals surface area contributed by atoms with E-state index in [1.54, 1.807) is 6.20 Å². The molecule has 1 aliphatic rings. The summed E-state index contributed by atoms with van der Waals surface area (Å²) in [5.74, 6) is 0.655. The lowest BCUT2D eigenvalue weighted by atomic mass is 9.88. The minimum Gasteiger partial charge on any atom is -0.396 e. The first-order chi connectivity index (χ1) is 12.4. The second-order valence-electron chi connectivity index (χ2n) is 7.65. The van der Waals surface area contributed by atoms with Gasteiger partial charge in [0.05, 0.1) is 5.69 Å². The van der Waals surface area contributed by atoms with Crippen molar-refractivity contribution >= 4 is 5.95 Å². The van der Waals surface area contributed by atoms with Gasteiger partial charge in [-0.15, -0.1) is 0 Å². The number of anilines is 1. The highest BCUT2D eigenvalue weighted by Crippen LogP contribution is 2.26. The van der Waals surface area contributed by atoms with Gasteiger partial charge in [0.2, 0.25) is 5.95 Å². The van der Waals surface area contributed by atoms with Crippen molar-refractivity contribution in [2.45, 2.75) is 51.1 Å². The average molecular weight is 352 g/mol. The highest BCUT2D eigenvalue weighted by molar-refractivity contribution is 5.60. The lowest BCUT2D eigenvalue weighted by Crippen LogP contribution is -2.48. The molecule has 5 heteroatoms. The van der Waals surface area contributed by atoms with Gasteiger partial charge in [-0.05, 0) is 44.7 Å². The van der Waals surface area contributed by atoms with Crippen LogP contribution in [0.15, 0.2) is 48.8 Å². The molecule has 0 aliphatic carbocycles. The Kier molecular flexibility index (Phi) is 5.57. The van der Waals surface area contributed by atoms with Crippen LogP contribution in [0.2, 0.25) is 0 Å². The van der Waals surface area contributed by atoms with E-state index >= 15 is 0 Å². The molecule has 0 radical (unpaired) electrons. The summed E-state index contributed by atoms with van der Waals surface area (Å²) < 4.78 is 0. The van der Waals surface area contributed by atoms with E-state index in [2.05, 4.69) is 65.3 Å². The van der Waals surface area contributed by atoms with E-state index < -0.39 is 0 Å². The number of aromatic nitrogens is 2. The number of nitrogens with one attached hydrogen (secondary N) is 2. The van der Waals surface area contributed by atoms with Crippen LogP contribution in [0.3, 0.4) is 0 Å². The Bertz CT molecular complexity index is 755. The van der Waals surface area contributed by atoms with Gasteiger partial charge in [-0.1, -0.05) is 30.8 Å². The highest BCUT2D eigenvalue weighted by atomic mass is 16.2. The summed E-state index contributed by atoms with van der Waals surface area (Å²) in [5, 5.41) is 15.8. The molecule has 1 fully saturated rings. The van der Waals surface area contributed by atoms with Crippen LogP contribution in [0, 0.1) is 0 Å². The fourth-order valence-electron chi connectivity index (χ4n) is 3.57. The molecular formula is C21H28N4O. The first-order valence-electron chi connectivity index (χ1n) is 9.21. The van der Waals surface area contributed by atoms with E-state index in [1.165, 1.54) is 5.56 Å². The first-order valence-corrected chi connectivity index (χ1v) is 9.21. The van der Waals surface area contributed by atoms with Gasteiger partial charge in [-0.25, -0.2) is 9.97 Å². The number of benzene rings is 1. The van der Waals surface area contributed by atoms with Gasteiger partial charge < -0.3 is 15.7 Å². The molecule has 1 aromatic carbocycles. The van der Waals surface area contributed by atoms with Crippen molar-refractivity contribution in [2.75, 3.05) is 11.9 Å². The second-order valence-corrected chi connectivity index (χ2v) is 7.65. The minimum absolute atomic E-state index is 0.0228. The third-order valence-electron chi connectivity index (χ3n) is 4.63. The predicted octanol–water partition coefficient (Wildman–Crippen LogP) is 3.52. The van der Waals surface area contributed by atoms with Crippen LogP contribution >= 0.6 is 0 Å². The lowest BCUT2D eigenvalue weighted by Gasteiger charge is -2.38. The number of rotatable bonds is 6. The number of aliphatic hydroxyl groups excluding tert-OH is 1. The van der Waals surface area contributed by atoms with Gasteiger partial charge in [0.15, 0.2) is 0 Å². The molecule has 1 unspecified atom stereocenters. The normalized spacial score (nSPS) is 19.0. The van der Waals surface area contributed by atoms with Gasteiger partial charge in [-0.3, -0.25) is 0 Å². The molecule has 2 heterocycles. The van der Waals surface area contributed by atoms with Crippen molar-refractivity contribution in [3.8, 4) is 11.3 Å². The molecule has 0 bridgehead atoms. The van der Waals surface area contributed by atoms with Crippen molar-refractivity contribution in [3.05, 3.63) is 54.4 Å². The summed E-state index contributed by atoms with van der Waals surface area (Å²) in [5.41, 5.74) is 4.27. The fraction of sp³-hybridized carbons (Fsp3) is 0.429. The van der Waals surface area contributed by atoms with Gasteiger partial charge in [0.1, 0.15) is 0 Å². The van der Waals surface area contributed by atoms with Gasteiger partial charge >= 0.3 is 0 Å². The molecule has 1 aliphatic heterocycles. The molecule has 0 saturated carbocycles. The zero-order chi connectivity index (χ0) is 18.6. The Morgan fingerprint density at radius 1 is 1.27 bits per heavy atom. The topological polar surface area (TPSA) is 70.1 Å². The summed E-state index contributed by atoms with van der Waals surface area (Å²) in [6, 6.07) is 10.6. The number of hydrogen-bond acceptors (Lipinski definition) is 5. The predicted molar refractivity (Wildman–Crippen MR) is 106 cm³/mol. The maximum atomic E-state index is 8.94. The molecule has 3 N–H and O–H groups in total. The van der Waals surface area contributed by atoms with Crippen molar-refractivity contribution in [1.82, 2.24) is 15.3 Å². The van der Waals surface area contributed by atoms with Gasteiger partial charge in [0.25, 0.3) is 0 Å². The van der Waals surface area contributed by atoms with E-state index in [-0.39, 0.29) is 18.2 Å². The Balaban J connectivity index is 1.71. The van der Waals surface area contributed by atoms with Crippen molar-refractivity contribution in [1.29, 1.82) is 0 Å². The van der Waals surface area contributed by atoms with E-state index in [9.17, 15) is 0 Å². The Hall–Kier alpha value is -2.40. The van der Waals surface area contributed by atoms with Crippen LogP contribution in [0.5, 0.6) is 0 Å². The second kappa shape index (κ2) is 7.87. The molecule has 1 atom stereocenters. The summed E-state index contributed by atoms with van der Waals surface area (Å²) in [4.78, 5) is 9.08. The van der Waals surface area contributed by atoms with E-state index in [0.29, 0.717) is 5.95 Å². The number of nitrogens with zero attached hydrogens (tertiary/aromatic N) is 2. The van der Waals surface area contributed by atoms with E-state index in [1.807, 2.05) is 6.07 Å². The molecule has 26 heavy (non-hydrogen) atoms. The van der Waals surface area contributed by atoms with E-state index in [4.69, 9.17) is 5.11 Å². The maximum absolute atomic E-state index is 8.94. The van der Waals surface area contributed by atoms with Crippen LogP contribution < -0.4 is 10.6 Å². The quantitative estimate of drug-likeness (QED) is 0.742. The zero-order valence-electron chi connectivity index (χ0n) is 15.6. The SMILES string of the molecule is C=C1CC(Nc2nccc(-c3ccc(CCCO)cc3)n2)CC(C)(C)N1. The summed E-state index contributed by atoms with van der Waals surface area (Å²) in [7, 11) is 0. The van der Waals surface area contributed by atoms with E-state index in [0.717, 1.165) is 42.6 Å². The third kappa shape index (κ3) is 4.82. The number of hydrogen-bond donors (Lipinski definition) is 3. The number of piperidine rings is 1. The molecule has 1 saturated heterocycles. The zero-order valence-corrected chi connectivity index (χ0v) is 15.6. The van der Waals surface area contributed by atoms with Gasteiger partial charge in [0, 0.05) is 42.1 Å². The molecule has 5 nitrogen and oxygen atoms in total. The standard InChI is InChI=1S/C21H28N4O/c1-15-13-18(14-21(2,3)25-15)23-20-22-11-10-19(24-20)17-8-6-16(7-9-17)5-4-12-26/h6-11,18,25-26H,1,4-5,12-14H2,2-3H3,(H,22,23,24). The smallest absolute Gasteiger partial charge is 0.223 e. The Morgan fingerprint density at radius 3 is 2.73 bits per heavy atom. The summed E-state index contributed by atoms with van der Waals surface area (Å²) >= 11 is 0. The van der Waals surface area contributed by atoms with Crippen LogP contribution in [0.1, 0.15) is 38.7 Å². The number of aliphatic hydroxyl groups is 1. The molecule has 0 spiro atoms. The lowest BCUT2D eigenvalue weighted by molar-refractivity contribution is 0.288. The molecule has 138 valence electrons. The van der Waals surface area contributed by atoms with Crippen LogP contribution in [-0.4, -0.2) is 33.3 Å². The highest BCUT2D eigenvalue weighted by Gasteiger charge is 2.29. The maximum Gasteiger partial charge on any atom is 0.223 e. The minimum atomic E-state index is 0.0228. The summed E-state index contributed by atoms with van der Waals surface area (Å²) in [6.07, 6.45) is 5.34. The molecular weight excluding hydrogens is 324 g/mol. The average Bonchev–Trinajstić information content (AvgIpc) is 2.59. The number of aryl methyl sites for hydroxylation is 1. The van der Waals surface area contributed by atoms with Crippen LogP contribution in [0.25, 0.3) is 11.3 Å². The largest absolute Gasteiger partial charge is 0.396 e. The fourth-order valence-corrected chi connectivity index (χ4v) is 3.57. The molecule has 0 amide bonds. The van der Waals surface area contributed by atoms with Crippen molar-refractivity contribution in [3.63, 3.8) is 0 Å². The third-order valence-corrected chi connectivity index (χ3v) is 4.63. The molecule has 2 aromatic rings. The van der Waals surface area contributed by atoms with Crippen LogP contribution in [0.4, 0.5) is 5.95 Å². The van der Waals surface area contributed by atoms with Crippen molar-refractivity contribution < 1.29 is 5.11 Å². The van der Waals surface area contributed by atoms with Crippen molar-refractivity contribution in [2.24, 2.45) is 0 Å². The first kappa shape index (κ1) is 18.4.